The molecule has 76 valence electrons. The van der Waals surface area contributed by atoms with Crippen molar-refractivity contribution in [1.82, 2.24) is 0 Å². The van der Waals surface area contributed by atoms with Crippen LogP contribution < -0.4 is 4.89 Å². The molecule has 0 unspecified atom stereocenters. The Hall–Kier alpha value is -1.22. The molecule has 0 atom stereocenters. The van der Waals surface area contributed by atoms with Crippen LogP contribution in [0.15, 0.2) is 18.2 Å². The number of carbonyl (C=O) groups is 1. The van der Waals surface area contributed by atoms with Gasteiger partial charge in [-0.15, -0.1) is 11.6 Å². The van der Waals surface area contributed by atoms with Crippen molar-refractivity contribution in [2.24, 2.45) is 0 Å². The standard InChI is InChI=1S/C10H11ClO3/c1-7-3-4-9(6-11)10(5-7)14-13-8(2)12/h3-5H,6H2,1-2H3. The van der Waals surface area contributed by atoms with E-state index >= 15 is 0 Å². The number of hydrogen-bond acceptors (Lipinski definition) is 3. The lowest BCUT2D eigenvalue weighted by Gasteiger charge is -2.07. The molecule has 0 N–H and O–H groups in total. The molecule has 0 aliphatic heterocycles. The lowest BCUT2D eigenvalue weighted by molar-refractivity contribution is -0.211. The van der Waals surface area contributed by atoms with Gasteiger partial charge < -0.3 is 0 Å². The summed E-state index contributed by atoms with van der Waals surface area (Å²) in [5.41, 5.74) is 1.81. The molecule has 14 heavy (non-hydrogen) atoms. The summed E-state index contributed by atoms with van der Waals surface area (Å²) in [6.07, 6.45) is 0. The zero-order chi connectivity index (χ0) is 10.6. The van der Waals surface area contributed by atoms with Crippen molar-refractivity contribution < 1.29 is 14.6 Å². The molecule has 0 aliphatic rings. The lowest BCUT2D eigenvalue weighted by Crippen LogP contribution is -2.04. The van der Waals surface area contributed by atoms with Crippen LogP contribution in [0.1, 0.15) is 18.1 Å². The fourth-order valence-corrected chi connectivity index (χ4v) is 1.17. The van der Waals surface area contributed by atoms with Crippen LogP contribution in [0.5, 0.6) is 5.75 Å². The third-order valence-corrected chi connectivity index (χ3v) is 1.90. The maximum Gasteiger partial charge on any atom is 0.352 e. The average Bonchev–Trinajstić information content (AvgIpc) is 2.15. The van der Waals surface area contributed by atoms with Gasteiger partial charge in [0.2, 0.25) is 0 Å². The average molecular weight is 215 g/mol. The van der Waals surface area contributed by atoms with Crippen LogP contribution in [0.3, 0.4) is 0 Å². The predicted molar refractivity (Wildman–Crippen MR) is 53.1 cm³/mol. The molecular formula is C10H11ClO3. The van der Waals surface area contributed by atoms with Crippen LogP contribution in [-0.4, -0.2) is 5.97 Å². The highest BCUT2D eigenvalue weighted by Crippen LogP contribution is 2.22. The topological polar surface area (TPSA) is 35.5 Å². The quantitative estimate of drug-likeness (QED) is 0.441. The van der Waals surface area contributed by atoms with Gasteiger partial charge >= 0.3 is 5.97 Å². The first-order valence-electron chi connectivity index (χ1n) is 4.14. The van der Waals surface area contributed by atoms with Gasteiger partial charge in [0.25, 0.3) is 0 Å². The van der Waals surface area contributed by atoms with E-state index in [1.165, 1.54) is 6.92 Å². The second kappa shape index (κ2) is 4.86. The largest absolute Gasteiger partial charge is 0.352 e. The minimum Gasteiger partial charge on any atom is -0.287 e. The van der Waals surface area contributed by atoms with Crippen LogP contribution in [-0.2, 0) is 15.6 Å². The zero-order valence-electron chi connectivity index (χ0n) is 8.04. The van der Waals surface area contributed by atoms with Gasteiger partial charge in [-0.1, -0.05) is 12.1 Å². The molecule has 0 heterocycles. The Bertz CT molecular complexity index is 336. The van der Waals surface area contributed by atoms with Crippen molar-refractivity contribution in [3.8, 4) is 5.75 Å². The summed E-state index contributed by atoms with van der Waals surface area (Å²) in [6.45, 7) is 3.19. The van der Waals surface area contributed by atoms with E-state index in [0.29, 0.717) is 11.6 Å². The van der Waals surface area contributed by atoms with Gasteiger partial charge in [0.05, 0.1) is 5.88 Å². The van der Waals surface area contributed by atoms with E-state index in [-0.39, 0.29) is 0 Å². The Labute approximate surface area is 87.5 Å². The van der Waals surface area contributed by atoms with Crippen molar-refractivity contribution in [3.05, 3.63) is 29.3 Å². The maximum absolute atomic E-state index is 10.5. The van der Waals surface area contributed by atoms with Crippen LogP contribution in [0.2, 0.25) is 0 Å². The summed E-state index contributed by atoms with van der Waals surface area (Å²) in [4.78, 5) is 19.8. The van der Waals surface area contributed by atoms with Crippen LogP contribution in [0, 0.1) is 6.92 Å². The molecule has 0 amide bonds. The molecule has 0 aliphatic carbocycles. The normalized spacial score (nSPS) is 9.64. The number of alkyl halides is 1. The van der Waals surface area contributed by atoms with E-state index in [1.807, 2.05) is 19.1 Å². The van der Waals surface area contributed by atoms with Gasteiger partial charge in [-0.3, -0.25) is 9.78 Å². The predicted octanol–water partition coefficient (Wildman–Crippen LogP) is 2.59. The zero-order valence-corrected chi connectivity index (χ0v) is 8.80. The van der Waals surface area contributed by atoms with Crippen molar-refractivity contribution in [3.63, 3.8) is 0 Å². The third kappa shape index (κ3) is 2.92. The monoisotopic (exact) mass is 214 g/mol. The molecule has 0 fully saturated rings. The molecule has 1 aromatic carbocycles. The molecule has 0 saturated heterocycles. The summed E-state index contributed by atoms with van der Waals surface area (Å²) < 4.78 is 0. The minimum absolute atomic E-state index is 0.316. The first-order chi connectivity index (χ1) is 6.63. The van der Waals surface area contributed by atoms with Crippen LogP contribution in [0.4, 0.5) is 0 Å². The Balaban J connectivity index is 2.82. The second-order valence-electron chi connectivity index (χ2n) is 2.90. The molecule has 0 aromatic heterocycles. The van der Waals surface area contributed by atoms with Gasteiger partial charge in [0.15, 0.2) is 5.75 Å². The Kier molecular flexibility index (Phi) is 3.77. The first kappa shape index (κ1) is 10.9. The van der Waals surface area contributed by atoms with Crippen molar-refractivity contribution in [2.75, 3.05) is 0 Å². The summed E-state index contributed by atoms with van der Waals surface area (Å²) in [5, 5.41) is 0. The highest BCUT2D eigenvalue weighted by molar-refractivity contribution is 6.17. The molecule has 0 spiro atoms. The minimum atomic E-state index is -0.493. The highest BCUT2D eigenvalue weighted by Gasteiger charge is 2.05. The summed E-state index contributed by atoms with van der Waals surface area (Å²) in [7, 11) is 0. The van der Waals surface area contributed by atoms with Crippen molar-refractivity contribution in [2.45, 2.75) is 19.7 Å². The summed E-state index contributed by atoms with van der Waals surface area (Å²) in [5.74, 6) is 0.305. The van der Waals surface area contributed by atoms with Gasteiger partial charge in [0.1, 0.15) is 0 Å². The summed E-state index contributed by atoms with van der Waals surface area (Å²) >= 11 is 5.68. The Morgan fingerprint density at radius 3 is 2.79 bits per heavy atom. The third-order valence-electron chi connectivity index (χ3n) is 1.62. The van der Waals surface area contributed by atoms with E-state index in [4.69, 9.17) is 16.5 Å². The number of halogens is 1. The molecule has 1 rings (SSSR count). The van der Waals surface area contributed by atoms with E-state index in [1.54, 1.807) is 6.07 Å². The smallest absolute Gasteiger partial charge is 0.287 e. The molecule has 0 bridgehead atoms. The Morgan fingerprint density at radius 2 is 2.21 bits per heavy atom. The summed E-state index contributed by atoms with van der Waals surface area (Å²) in [6, 6.07) is 5.51. The van der Waals surface area contributed by atoms with Crippen molar-refractivity contribution >= 4 is 17.6 Å². The van der Waals surface area contributed by atoms with Crippen LogP contribution in [0.25, 0.3) is 0 Å². The van der Waals surface area contributed by atoms with Gasteiger partial charge in [0, 0.05) is 12.5 Å². The van der Waals surface area contributed by atoms with E-state index in [2.05, 4.69) is 4.89 Å². The SMILES string of the molecule is CC(=O)OOc1cc(C)ccc1CCl. The molecule has 4 heteroatoms. The number of carbonyl (C=O) groups excluding carboxylic acids is 1. The number of benzene rings is 1. The van der Waals surface area contributed by atoms with Crippen molar-refractivity contribution in [1.29, 1.82) is 0 Å². The second-order valence-corrected chi connectivity index (χ2v) is 3.17. The fraction of sp³-hybridized carbons (Fsp3) is 0.300. The van der Waals surface area contributed by atoms with Crippen LogP contribution >= 0.6 is 11.6 Å². The van der Waals surface area contributed by atoms with E-state index in [0.717, 1.165) is 11.1 Å². The number of hydrogen-bond donors (Lipinski definition) is 0. The first-order valence-corrected chi connectivity index (χ1v) is 4.67. The number of rotatable bonds is 3. The Morgan fingerprint density at radius 1 is 1.50 bits per heavy atom. The molecule has 0 radical (unpaired) electrons. The van der Waals surface area contributed by atoms with Gasteiger partial charge in [-0.25, -0.2) is 4.79 Å². The highest BCUT2D eigenvalue weighted by atomic mass is 35.5. The van der Waals surface area contributed by atoms with E-state index in [9.17, 15) is 4.79 Å². The maximum atomic E-state index is 10.5. The lowest BCUT2D eigenvalue weighted by atomic mass is 10.1. The molecule has 1 aromatic rings. The molecule has 3 nitrogen and oxygen atoms in total. The fourth-order valence-electron chi connectivity index (χ4n) is 0.953. The van der Waals surface area contributed by atoms with Gasteiger partial charge in [-0.2, -0.15) is 0 Å². The number of aryl methyl sites for hydroxylation is 1. The van der Waals surface area contributed by atoms with Gasteiger partial charge in [-0.05, 0) is 18.6 Å². The van der Waals surface area contributed by atoms with E-state index < -0.39 is 5.97 Å². The molecule has 0 saturated carbocycles. The molecular weight excluding hydrogens is 204 g/mol.